The summed E-state index contributed by atoms with van der Waals surface area (Å²) < 4.78 is 42.9. The summed E-state index contributed by atoms with van der Waals surface area (Å²) in [7, 11) is -3.88. The van der Waals surface area contributed by atoms with E-state index in [2.05, 4.69) is 20.8 Å². The fraction of sp³-hybridized carbons (Fsp3) is 0.259. The van der Waals surface area contributed by atoms with Crippen LogP contribution in [0.15, 0.2) is 89.6 Å². The summed E-state index contributed by atoms with van der Waals surface area (Å²) in [4.78, 5) is 0.154. The molecule has 0 unspecified atom stereocenters. The first-order chi connectivity index (χ1) is 15.1. The second-order valence-electron chi connectivity index (χ2n) is 9.03. The Hall–Kier alpha value is -2.76. The summed E-state index contributed by atoms with van der Waals surface area (Å²) in [5.41, 5.74) is 3.62. The third-order valence-corrected chi connectivity index (χ3v) is 7.09. The van der Waals surface area contributed by atoms with Crippen molar-refractivity contribution in [3.63, 3.8) is 0 Å². The highest BCUT2D eigenvalue weighted by Gasteiger charge is 2.26. The van der Waals surface area contributed by atoms with Crippen LogP contribution in [0.1, 0.15) is 43.0 Å². The predicted molar refractivity (Wildman–Crippen MR) is 129 cm³/mol. The minimum Gasteiger partial charge on any atom is -0.210 e. The highest BCUT2D eigenvalue weighted by atomic mass is 32.2. The van der Waals surface area contributed by atoms with Gasteiger partial charge in [0.25, 0.3) is 0 Å². The number of nitrogens with zero attached hydrogens (tertiary/aromatic N) is 1. The van der Waals surface area contributed by atoms with Crippen LogP contribution in [0.25, 0.3) is 6.08 Å². The van der Waals surface area contributed by atoms with Gasteiger partial charge in [0, 0.05) is 6.54 Å². The van der Waals surface area contributed by atoms with E-state index in [1.165, 1.54) is 10.4 Å². The lowest BCUT2D eigenvalue weighted by molar-refractivity contribution is 0.401. The van der Waals surface area contributed by atoms with E-state index >= 15 is 4.39 Å². The molecule has 32 heavy (non-hydrogen) atoms. The Labute approximate surface area is 191 Å². The Morgan fingerprint density at radius 3 is 2.06 bits per heavy atom. The molecule has 168 valence electrons. The van der Waals surface area contributed by atoms with Gasteiger partial charge in [-0.15, -0.1) is 0 Å². The fourth-order valence-electron chi connectivity index (χ4n) is 3.35. The van der Waals surface area contributed by atoms with Gasteiger partial charge in [-0.25, -0.2) is 12.8 Å². The third kappa shape index (κ3) is 6.15. The second kappa shape index (κ2) is 9.80. The van der Waals surface area contributed by atoms with E-state index in [9.17, 15) is 8.42 Å². The summed E-state index contributed by atoms with van der Waals surface area (Å²) in [5, 5.41) is 0. The monoisotopic (exact) mass is 451 g/mol. The molecule has 0 spiro atoms. The number of halogens is 1. The lowest BCUT2D eigenvalue weighted by Gasteiger charge is -2.22. The molecule has 0 aliphatic heterocycles. The van der Waals surface area contributed by atoms with Crippen molar-refractivity contribution in [3.8, 4) is 0 Å². The normalized spacial score (nSPS) is 12.9. The number of hydrogen-bond acceptors (Lipinski definition) is 2. The first kappa shape index (κ1) is 23.9. The molecule has 0 atom stereocenters. The molecule has 3 rings (SSSR count). The van der Waals surface area contributed by atoms with Crippen molar-refractivity contribution in [2.45, 2.75) is 44.6 Å². The number of hydrogen-bond donors (Lipinski definition) is 0. The van der Waals surface area contributed by atoms with Crippen LogP contribution < -0.4 is 0 Å². The maximum absolute atomic E-state index is 15.0. The van der Waals surface area contributed by atoms with E-state index in [1.807, 2.05) is 61.5 Å². The smallest absolute Gasteiger partial charge is 0.210 e. The Bertz CT molecular complexity index is 1160. The summed E-state index contributed by atoms with van der Waals surface area (Å²) in [6, 6.07) is 23.5. The Kier molecular flexibility index (Phi) is 7.32. The van der Waals surface area contributed by atoms with Crippen molar-refractivity contribution in [3.05, 3.63) is 107 Å². The summed E-state index contributed by atoms with van der Waals surface area (Å²) in [6.45, 7) is 8.00. The van der Waals surface area contributed by atoms with Crippen LogP contribution >= 0.6 is 0 Å². The Morgan fingerprint density at radius 2 is 1.50 bits per heavy atom. The van der Waals surface area contributed by atoms with Crippen molar-refractivity contribution in [2.75, 3.05) is 6.54 Å². The molecular weight excluding hydrogens is 421 g/mol. The molecule has 0 bridgehead atoms. The van der Waals surface area contributed by atoms with Gasteiger partial charge in [0.2, 0.25) is 10.0 Å². The van der Waals surface area contributed by atoms with Crippen LogP contribution in [0.3, 0.4) is 0 Å². The zero-order valence-corrected chi connectivity index (χ0v) is 19.9. The second-order valence-corrected chi connectivity index (χ2v) is 11.0. The molecule has 5 heteroatoms. The van der Waals surface area contributed by atoms with Gasteiger partial charge < -0.3 is 0 Å². The largest absolute Gasteiger partial charge is 0.243 e. The molecule has 0 aromatic heterocycles. The summed E-state index contributed by atoms with van der Waals surface area (Å²) in [6.07, 6.45) is 1.40. The first-order valence-corrected chi connectivity index (χ1v) is 12.1. The molecule has 0 radical (unpaired) electrons. The molecule has 0 aliphatic carbocycles. The third-order valence-electron chi connectivity index (χ3n) is 5.29. The number of benzene rings is 3. The highest BCUT2D eigenvalue weighted by molar-refractivity contribution is 7.89. The van der Waals surface area contributed by atoms with Gasteiger partial charge in [0.05, 0.1) is 11.4 Å². The van der Waals surface area contributed by atoms with E-state index in [1.54, 1.807) is 24.3 Å². The van der Waals surface area contributed by atoms with E-state index in [0.717, 1.165) is 16.7 Å². The molecule has 0 fully saturated rings. The van der Waals surface area contributed by atoms with Gasteiger partial charge in [-0.05, 0) is 47.2 Å². The molecule has 0 amide bonds. The summed E-state index contributed by atoms with van der Waals surface area (Å²) in [5.74, 6) is -0.514. The van der Waals surface area contributed by atoms with Gasteiger partial charge >= 0.3 is 0 Å². The molecule has 0 aliphatic rings. The Morgan fingerprint density at radius 1 is 0.906 bits per heavy atom. The predicted octanol–water partition coefficient (Wildman–Crippen LogP) is 6.49. The topological polar surface area (TPSA) is 37.4 Å². The van der Waals surface area contributed by atoms with Gasteiger partial charge in [-0.3, -0.25) is 0 Å². The minimum atomic E-state index is -3.88. The molecule has 3 aromatic rings. The maximum Gasteiger partial charge on any atom is 0.243 e. The van der Waals surface area contributed by atoms with Gasteiger partial charge in [0.15, 0.2) is 0 Å². The number of rotatable bonds is 7. The minimum absolute atomic E-state index is 0.00931. The fourth-order valence-corrected chi connectivity index (χ4v) is 4.74. The lowest BCUT2D eigenvalue weighted by atomic mass is 9.87. The zero-order valence-electron chi connectivity index (χ0n) is 19.0. The highest BCUT2D eigenvalue weighted by Crippen LogP contribution is 2.24. The van der Waals surface area contributed by atoms with E-state index in [-0.39, 0.29) is 23.4 Å². The van der Waals surface area contributed by atoms with Crippen LogP contribution in [-0.4, -0.2) is 19.3 Å². The Balaban J connectivity index is 1.89. The van der Waals surface area contributed by atoms with Crippen LogP contribution in [0, 0.1) is 6.92 Å². The van der Waals surface area contributed by atoms with Crippen molar-refractivity contribution in [1.82, 2.24) is 4.31 Å². The molecule has 3 nitrogen and oxygen atoms in total. The quantitative estimate of drug-likeness (QED) is 0.411. The molecular formula is C27H30FNO2S. The van der Waals surface area contributed by atoms with Gasteiger partial charge in [0.1, 0.15) is 5.83 Å². The van der Waals surface area contributed by atoms with Crippen LogP contribution in [0.4, 0.5) is 4.39 Å². The van der Waals surface area contributed by atoms with Crippen molar-refractivity contribution < 1.29 is 12.8 Å². The molecule has 0 N–H and O–H groups in total. The SMILES string of the molecule is Cc1ccc(S(=O)(=O)N(C/C(F)=C/c2ccc(C(C)(C)C)cc2)Cc2ccccc2)cc1. The molecule has 0 heterocycles. The zero-order chi connectivity index (χ0) is 23.4. The molecule has 3 aromatic carbocycles. The van der Waals surface area contributed by atoms with Crippen molar-refractivity contribution in [2.24, 2.45) is 0 Å². The van der Waals surface area contributed by atoms with Gasteiger partial charge in [-0.2, -0.15) is 4.31 Å². The summed E-state index contributed by atoms with van der Waals surface area (Å²) >= 11 is 0. The average Bonchev–Trinajstić information content (AvgIpc) is 2.74. The van der Waals surface area contributed by atoms with Crippen LogP contribution in [0.5, 0.6) is 0 Å². The van der Waals surface area contributed by atoms with Gasteiger partial charge in [-0.1, -0.05) is 93.1 Å². The van der Waals surface area contributed by atoms with Crippen LogP contribution in [0.2, 0.25) is 0 Å². The maximum atomic E-state index is 15.0. The average molecular weight is 452 g/mol. The standard InChI is InChI=1S/C27H30FNO2S/c1-21-10-16-26(17-11-21)32(30,31)29(19-23-8-6-5-7-9-23)20-25(28)18-22-12-14-24(15-13-22)27(2,3)4/h5-18H,19-20H2,1-4H3/b25-18-. The van der Waals surface area contributed by atoms with E-state index in [0.29, 0.717) is 5.56 Å². The molecule has 0 saturated heterocycles. The van der Waals surface area contributed by atoms with Crippen molar-refractivity contribution in [1.29, 1.82) is 0 Å². The number of aryl methyl sites for hydroxylation is 1. The van der Waals surface area contributed by atoms with Crippen LogP contribution in [-0.2, 0) is 22.0 Å². The van der Waals surface area contributed by atoms with E-state index < -0.39 is 15.9 Å². The number of sulfonamides is 1. The lowest BCUT2D eigenvalue weighted by Crippen LogP contribution is -2.32. The van der Waals surface area contributed by atoms with E-state index in [4.69, 9.17) is 0 Å². The molecule has 0 saturated carbocycles. The first-order valence-electron chi connectivity index (χ1n) is 10.6. The van der Waals surface area contributed by atoms with Crippen molar-refractivity contribution >= 4 is 16.1 Å².